The van der Waals surface area contributed by atoms with E-state index in [1.807, 2.05) is 37.4 Å². The predicted molar refractivity (Wildman–Crippen MR) is 130 cm³/mol. The Morgan fingerprint density at radius 1 is 1.29 bits per heavy atom. The van der Waals surface area contributed by atoms with Gasteiger partial charge in [-0.25, -0.2) is 4.79 Å². The summed E-state index contributed by atoms with van der Waals surface area (Å²) in [5, 5.41) is 12.6. The SMILES string of the molecule is CCOC(=O)c1c(NC(=S)Nc2cnn(Cc3ccccc3Cl)c2)sc2c1CCCC2. The van der Waals surface area contributed by atoms with E-state index in [2.05, 4.69) is 15.7 Å². The van der Waals surface area contributed by atoms with Crippen molar-refractivity contribution in [3.63, 3.8) is 0 Å². The lowest BCUT2D eigenvalue weighted by Crippen LogP contribution is -2.20. The molecule has 31 heavy (non-hydrogen) atoms. The van der Waals surface area contributed by atoms with Gasteiger partial charge in [-0.15, -0.1) is 11.3 Å². The van der Waals surface area contributed by atoms with E-state index in [0.29, 0.717) is 28.9 Å². The van der Waals surface area contributed by atoms with Crippen LogP contribution in [0.1, 0.15) is 46.1 Å². The van der Waals surface area contributed by atoms with E-state index in [1.54, 1.807) is 22.2 Å². The van der Waals surface area contributed by atoms with Crippen molar-refractivity contribution in [3.05, 3.63) is 63.2 Å². The molecule has 0 amide bonds. The Morgan fingerprint density at radius 2 is 2.10 bits per heavy atom. The minimum atomic E-state index is -0.292. The van der Waals surface area contributed by atoms with E-state index in [0.717, 1.165) is 47.5 Å². The van der Waals surface area contributed by atoms with Crippen LogP contribution in [0.25, 0.3) is 0 Å². The van der Waals surface area contributed by atoms with Crippen LogP contribution in [0.15, 0.2) is 36.7 Å². The molecule has 0 fully saturated rings. The average molecular weight is 475 g/mol. The molecule has 9 heteroatoms. The summed E-state index contributed by atoms with van der Waals surface area (Å²) in [5.41, 5.74) is 3.47. The molecule has 2 aromatic heterocycles. The number of halogens is 1. The molecule has 0 radical (unpaired) electrons. The lowest BCUT2D eigenvalue weighted by Gasteiger charge is -2.13. The number of carbonyl (C=O) groups excluding carboxylic acids is 1. The molecule has 4 rings (SSSR count). The summed E-state index contributed by atoms with van der Waals surface area (Å²) < 4.78 is 7.09. The molecule has 0 saturated heterocycles. The second-order valence-electron chi connectivity index (χ2n) is 7.23. The number of benzene rings is 1. The molecule has 6 nitrogen and oxygen atoms in total. The van der Waals surface area contributed by atoms with Gasteiger partial charge in [-0.1, -0.05) is 29.8 Å². The monoisotopic (exact) mass is 474 g/mol. The molecule has 0 atom stereocenters. The number of thiophene rings is 1. The number of thiocarbonyl (C=S) groups is 1. The van der Waals surface area contributed by atoms with Crippen LogP contribution in [-0.4, -0.2) is 27.5 Å². The van der Waals surface area contributed by atoms with Crippen molar-refractivity contribution in [2.24, 2.45) is 0 Å². The smallest absolute Gasteiger partial charge is 0.341 e. The van der Waals surface area contributed by atoms with Crippen molar-refractivity contribution in [1.82, 2.24) is 9.78 Å². The fourth-order valence-electron chi connectivity index (χ4n) is 3.65. The number of aromatic nitrogens is 2. The van der Waals surface area contributed by atoms with Gasteiger partial charge in [-0.05, 0) is 62.0 Å². The Hall–Kier alpha value is -2.42. The van der Waals surface area contributed by atoms with Crippen molar-refractivity contribution in [3.8, 4) is 0 Å². The number of anilines is 2. The standard InChI is InChI=1S/C22H23ClN4O2S2/c1-2-29-21(28)19-16-8-4-6-10-18(16)31-20(19)26-22(30)25-15-11-24-27(13-15)12-14-7-3-5-9-17(14)23/h3,5,7,9,11,13H,2,4,6,8,10,12H2,1H3,(H2,25,26,30). The van der Waals surface area contributed by atoms with Gasteiger partial charge in [0, 0.05) is 16.1 Å². The van der Waals surface area contributed by atoms with Gasteiger partial charge in [-0.2, -0.15) is 5.10 Å². The summed E-state index contributed by atoms with van der Waals surface area (Å²) in [7, 11) is 0. The molecule has 2 heterocycles. The van der Waals surface area contributed by atoms with Gasteiger partial charge in [0.15, 0.2) is 5.11 Å². The van der Waals surface area contributed by atoms with Crippen LogP contribution in [0.4, 0.5) is 10.7 Å². The first kappa shape index (κ1) is 21.8. The third-order valence-electron chi connectivity index (χ3n) is 5.06. The van der Waals surface area contributed by atoms with Crippen molar-refractivity contribution in [1.29, 1.82) is 0 Å². The second-order valence-corrected chi connectivity index (χ2v) is 9.15. The number of ether oxygens (including phenoxy) is 1. The number of nitrogens with one attached hydrogen (secondary N) is 2. The van der Waals surface area contributed by atoms with Crippen LogP contribution in [-0.2, 0) is 24.1 Å². The van der Waals surface area contributed by atoms with Crippen molar-refractivity contribution in [2.45, 2.75) is 39.2 Å². The van der Waals surface area contributed by atoms with Gasteiger partial charge < -0.3 is 15.4 Å². The number of esters is 1. The number of hydrogen-bond donors (Lipinski definition) is 2. The third kappa shape index (κ3) is 5.08. The number of hydrogen-bond acceptors (Lipinski definition) is 5. The first-order chi connectivity index (χ1) is 15.0. The normalized spacial score (nSPS) is 12.8. The summed E-state index contributed by atoms with van der Waals surface area (Å²) in [6.07, 6.45) is 7.69. The number of rotatable bonds is 6. The maximum absolute atomic E-state index is 12.6. The molecule has 1 aromatic carbocycles. The molecule has 0 bridgehead atoms. The van der Waals surface area contributed by atoms with Gasteiger partial charge in [-0.3, -0.25) is 4.68 Å². The number of nitrogens with zero attached hydrogens (tertiary/aromatic N) is 2. The Morgan fingerprint density at radius 3 is 2.90 bits per heavy atom. The van der Waals surface area contributed by atoms with Gasteiger partial charge in [0.2, 0.25) is 0 Å². The average Bonchev–Trinajstić information content (AvgIpc) is 3.33. The molecule has 0 aliphatic heterocycles. The molecule has 0 spiro atoms. The molecule has 3 aromatic rings. The van der Waals surface area contributed by atoms with Crippen molar-refractivity contribution >= 4 is 56.9 Å². The first-order valence-electron chi connectivity index (χ1n) is 10.2. The lowest BCUT2D eigenvalue weighted by atomic mass is 9.95. The van der Waals surface area contributed by atoms with E-state index < -0.39 is 0 Å². The highest BCUT2D eigenvalue weighted by Crippen LogP contribution is 2.38. The number of fused-ring (bicyclic) bond motifs is 1. The van der Waals surface area contributed by atoms with Gasteiger partial charge in [0.25, 0.3) is 0 Å². The van der Waals surface area contributed by atoms with Crippen molar-refractivity contribution in [2.75, 3.05) is 17.2 Å². The minimum Gasteiger partial charge on any atom is -0.462 e. The van der Waals surface area contributed by atoms with E-state index in [1.165, 1.54) is 4.88 Å². The van der Waals surface area contributed by atoms with Crippen LogP contribution >= 0.6 is 35.2 Å². The first-order valence-corrected chi connectivity index (χ1v) is 11.8. The fraction of sp³-hybridized carbons (Fsp3) is 0.318. The van der Waals surface area contributed by atoms with E-state index in [9.17, 15) is 4.79 Å². The molecule has 2 N–H and O–H groups in total. The summed E-state index contributed by atoms with van der Waals surface area (Å²) in [6, 6.07) is 7.68. The molecule has 1 aliphatic rings. The summed E-state index contributed by atoms with van der Waals surface area (Å²) in [6.45, 7) is 2.72. The number of aryl methyl sites for hydroxylation is 1. The third-order valence-corrected chi connectivity index (χ3v) is 6.84. The quantitative estimate of drug-likeness (QED) is 0.362. The zero-order valence-electron chi connectivity index (χ0n) is 17.1. The Kier molecular flexibility index (Phi) is 6.89. The number of carbonyl (C=O) groups is 1. The Balaban J connectivity index is 1.46. The highest BCUT2D eigenvalue weighted by molar-refractivity contribution is 7.80. The largest absolute Gasteiger partial charge is 0.462 e. The molecule has 1 aliphatic carbocycles. The second kappa shape index (κ2) is 9.80. The van der Waals surface area contributed by atoms with Crippen LogP contribution < -0.4 is 10.6 Å². The maximum Gasteiger partial charge on any atom is 0.341 e. The van der Waals surface area contributed by atoms with E-state index in [-0.39, 0.29) is 5.97 Å². The Labute approximate surface area is 195 Å². The Bertz CT molecular complexity index is 1110. The topological polar surface area (TPSA) is 68.2 Å². The van der Waals surface area contributed by atoms with Crippen LogP contribution in [0.2, 0.25) is 5.02 Å². The molecule has 0 saturated carbocycles. The maximum atomic E-state index is 12.6. The van der Waals surface area contributed by atoms with Gasteiger partial charge in [0.1, 0.15) is 5.00 Å². The van der Waals surface area contributed by atoms with Crippen molar-refractivity contribution < 1.29 is 9.53 Å². The summed E-state index contributed by atoms with van der Waals surface area (Å²) in [4.78, 5) is 13.8. The zero-order chi connectivity index (χ0) is 21.8. The summed E-state index contributed by atoms with van der Waals surface area (Å²) >= 11 is 13.3. The lowest BCUT2D eigenvalue weighted by molar-refractivity contribution is 0.0526. The van der Waals surface area contributed by atoms with E-state index in [4.69, 9.17) is 28.6 Å². The molecule has 0 unspecified atom stereocenters. The highest BCUT2D eigenvalue weighted by atomic mass is 35.5. The summed E-state index contributed by atoms with van der Waals surface area (Å²) in [5.74, 6) is -0.292. The minimum absolute atomic E-state index is 0.292. The predicted octanol–water partition coefficient (Wildman–Crippen LogP) is 5.51. The fourth-order valence-corrected chi connectivity index (χ4v) is 5.42. The molecular formula is C22H23ClN4O2S2. The van der Waals surface area contributed by atoms with Gasteiger partial charge in [0.05, 0.1) is 30.6 Å². The van der Waals surface area contributed by atoms with Crippen LogP contribution in [0, 0.1) is 0 Å². The highest BCUT2D eigenvalue weighted by Gasteiger charge is 2.26. The van der Waals surface area contributed by atoms with Crippen LogP contribution in [0.3, 0.4) is 0 Å². The zero-order valence-corrected chi connectivity index (χ0v) is 19.5. The molecule has 162 valence electrons. The van der Waals surface area contributed by atoms with E-state index >= 15 is 0 Å². The van der Waals surface area contributed by atoms with Crippen LogP contribution in [0.5, 0.6) is 0 Å². The molecular weight excluding hydrogens is 452 g/mol. The van der Waals surface area contributed by atoms with Gasteiger partial charge >= 0.3 is 5.97 Å².